The maximum absolute atomic E-state index is 13.7. The van der Waals surface area contributed by atoms with Crippen LogP contribution in [0.15, 0.2) is 12.1 Å². The molecule has 0 saturated carbocycles. The average Bonchev–Trinajstić information content (AvgIpc) is 2.37. The molecule has 0 aliphatic heterocycles. The molecule has 21 heavy (non-hydrogen) atoms. The minimum Gasteiger partial charge on any atom is -0.491 e. The SMILES string of the molecule is Cc1cc(OCCCC(C)(C)C(=N)N)c(F)cc1[N+](=O)[O-]. The van der Waals surface area contributed by atoms with Crippen molar-refractivity contribution < 1.29 is 14.1 Å². The molecule has 6 nitrogen and oxygen atoms in total. The zero-order valence-corrected chi connectivity index (χ0v) is 12.4. The van der Waals surface area contributed by atoms with E-state index in [1.807, 2.05) is 13.8 Å². The van der Waals surface area contributed by atoms with E-state index in [4.69, 9.17) is 15.9 Å². The third-order valence-corrected chi connectivity index (χ3v) is 3.38. The normalized spacial score (nSPS) is 11.2. The minimum atomic E-state index is -0.752. The first-order chi connectivity index (χ1) is 9.65. The lowest BCUT2D eigenvalue weighted by molar-refractivity contribution is -0.385. The van der Waals surface area contributed by atoms with E-state index in [2.05, 4.69) is 0 Å². The molecule has 0 bridgehead atoms. The Hall–Kier alpha value is -2.18. The molecule has 0 aliphatic rings. The first-order valence-corrected chi connectivity index (χ1v) is 6.57. The molecule has 1 aromatic carbocycles. The first kappa shape index (κ1) is 16.9. The van der Waals surface area contributed by atoms with Crippen molar-refractivity contribution in [3.05, 3.63) is 33.6 Å². The van der Waals surface area contributed by atoms with Gasteiger partial charge in [0.05, 0.1) is 23.4 Å². The van der Waals surface area contributed by atoms with Gasteiger partial charge in [-0.2, -0.15) is 0 Å². The average molecular weight is 297 g/mol. The molecule has 0 radical (unpaired) electrons. The number of rotatable bonds is 7. The van der Waals surface area contributed by atoms with Gasteiger partial charge in [-0.15, -0.1) is 0 Å². The van der Waals surface area contributed by atoms with Crippen LogP contribution >= 0.6 is 0 Å². The van der Waals surface area contributed by atoms with Gasteiger partial charge < -0.3 is 10.5 Å². The van der Waals surface area contributed by atoms with Gasteiger partial charge in [-0.1, -0.05) is 13.8 Å². The number of halogens is 1. The van der Waals surface area contributed by atoms with Gasteiger partial charge >= 0.3 is 0 Å². The number of aryl methyl sites for hydroxylation is 1. The van der Waals surface area contributed by atoms with Crippen molar-refractivity contribution in [1.82, 2.24) is 0 Å². The summed E-state index contributed by atoms with van der Waals surface area (Å²) in [4.78, 5) is 10.1. The van der Waals surface area contributed by atoms with Crippen LogP contribution in [0, 0.1) is 33.7 Å². The second-order valence-corrected chi connectivity index (χ2v) is 5.58. The van der Waals surface area contributed by atoms with Gasteiger partial charge in [-0.3, -0.25) is 15.5 Å². The van der Waals surface area contributed by atoms with E-state index in [-0.39, 0.29) is 23.9 Å². The van der Waals surface area contributed by atoms with Crippen LogP contribution in [0.1, 0.15) is 32.3 Å². The smallest absolute Gasteiger partial charge is 0.275 e. The fourth-order valence-corrected chi connectivity index (χ4v) is 1.78. The summed E-state index contributed by atoms with van der Waals surface area (Å²) in [7, 11) is 0. The quantitative estimate of drug-likeness (QED) is 0.265. The minimum absolute atomic E-state index is 0.00117. The Morgan fingerprint density at radius 3 is 2.67 bits per heavy atom. The molecular weight excluding hydrogens is 277 g/mol. The van der Waals surface area contributed by atoms with Crippen molar-refractivity contribution >= 4 is 11.5 Å². The topological polar surface area (TPSA) is 102 Å². The van der Waals surface area contributed by atoms with Crippen LogP contribution in [0.2, 0.25) is 0 Å². The zero-order chi connectivity index (χ0) is 16.2. The summed E-state index contributed by atoms with van der Waals surface area (Å²) in [5, 5.41) is 18.1. The fraction of sp³-hybridized carbons (Fsp3) is 0.500. The molecule has 0 unspecified atom stereocenters. The molecule has 0 amide bonds. The molecule has 1 aromatic rings. The molecular formula is C14H20FN3O3. The number of hydrogen-bond donors (Lipinski definition) is 2. The van der Waals surface area contributed by atoms with Crippen molar-refractivity contribution in [2.45, 2.75) is 33.6 Å². The Balaban J connectivity index is 2.63. The lowest BCUT2D eigenvalue weighted by atomic mass is 9.87. The summed E-state index contributed by atoms with van der Waals surface area (Å²) < 4.78 is 19.0. The van der Waals surface area contributed by atoms with Gasteiger partial charge in [0, 0.05) is 11.0 Å². The number of nitrogens with two attached hydrogens (primary N) is 1. The standard InChI is InChI=1S/C14H20FN3O3/c1-9-7-12(10(15)8-11(9)18(19)20)21-6-4-5-14(2,3)13(16)17/h7-8H,4-6H2,1-3H3,(H3,16,17). The molecule has 0 heterocycles. The predicted molar refractivity (Wildman–Crippen MR) is 78.2 cm³/mol. The second-order valence-electron chi connectivity index (χ2n) is 5.58. The van der Waals surface area contributed by atoms with Crippen LogP contribution in [-0.4, -0.2) is 17.4 Å². The van der Waals surface area contributed by atoms with Gasteiger partial charge in [0.2, 0.25) is 0 Å². The van der Waals surface area contributed by atoms with Gasteiger partial charge in [-0.05, 0) is 25.8 Å². The first-order valence-electron chi connectivity index (χ1n) is 6.57. The van der Waals surface area contributed by atoms with Crippen molar-refractivity contribution in [3.8, 4) is 5.75 Å². The third kappa shape index (κ3) is 4.40. The van der Waals surface area contributed by atoms with Crippen LogP contribution in [0.4, 0.5) is 10.1 Å². The van der Waals surface area contributed by atoms with Gasteiger partial charge in [-0.25, -0.2) is 4.39 Å². The number of amidine groups is 1. The lowest BCUT2D eigenvalue weighted by Gasteiger charge is -2.22. The van der Waals surface area contributed by atoms with E-state index in [0.29, 0.717) is 18.4 Å². The van der Waals surface area contributed by atoms with Crippen LogP contribution in [0.5, 0.6) is 5.75 Å². The van der Waals surface area contributed by atoms with Gasteiger partial charge in [0.1, 0.15) is 0 Å². The third-order valence-electron chi connectivity index (χ3n) is 3.38. The van der Waals surface area contributed by atoms with E-state index in [1.54, 1.807) is 0 Å². The van der Waals surface area contributed by atoms with E-state index >= 15 is 0 Å². The molecule has 0 aliphatic carbocycles. The summed E-state index contributed by atoms with van der Waals surface area (Å²) in [6.45, 7) is 5.49. The number of nitro groups is 1. The zero-order valence-electron chi connectivity index (χ0n) is 12.4. The molecule has 0 fully saturated rings. The van der Waals surface area contributed by atoms with E-state index in [0.717, 1.165) is 6.07 Å². The molecule has 0 atom stereocenters. The maximum Gasteiger partial charge on any atom is 0.275 e. The Bertz CT molecular complexity index is 559. The Morgan fingerprint density at radius 1 is 1.52 bits per heavy atom. The monoisotopic (exact) mass is 297 g/mol. The second kappa shape index (κ2) is 6.51. The molecule has 3 N–H and O–H groups in total. The highest BCUT2D eigenvalue weighted by molar-refractivity contribution is 5.82. The number of nitrogens with zero attached hydrogens (tertiary/aromatic N) is 1. The molecule has 0 spiro atoms. The number of nitrogens with one attached hydrogen (secondary N) is 1. The van der Waals surface area contributed by atoms with Crippen molar-refractivity contribution in [2.24, 2.45) is 11.1 Å². The van der Waals surface area contributed by atoms with Crippen molar-refractivity contribution in [1.29, 1.82) is 5.41 Å². The Labute approximate surface area is 122 Å². The molecule has 116 valence electrons. The number of nitro benzene ring substituents is 1. The highest BCUT2D eigenvalue weighted by atomic mass is 19.1. The van der Waals surface area contributed by atoms with E-state index < -0.39 is 16.2 Å². The van der Waals surface area contributed by atoms with Crippen molar-refractivity contribution in [2.75, 3.05) is 6.61 Å². The largest absolute Gasteiger partial charge is 0.491 e. The summed E-state index contributed by atoms with van der Waals surface area (Å²) in [6, 6.07) is 2.19. The predicted octanol–water partition coefficient (Wildman–Crippen LogP) is 3.16. The Morgan fingerprint density at radius 2 is 2.14 bits per heavy atom. The Kier molecular flexibility index (Phi) is 5.23. The van der Waals surface area contributed by atoms with Crippen LogP contribution < -0.4 is 10.5 Å². The maximum atomic E-state index is 13.7. The van der Waals surface area contributed by atoms with Crippen molar-refractivity contribution in [3.63, 3.8) is 0 Å². The van der Waals surface area contributed by atoms with Crippen LogP contribution in [0.25, 0.3) is 0 Å². The van der Waals surface area contributed by atoms with Crippen LogP contribution in [0.3, 0.4) is 0 Å². The van der Waals surface area contributed by atoms with Crippen LogP contribution in [-0.2, 0) is 0 Å². The highest BCUT2D eigenvalue weighted by Gasteiger charge is 2.21. The lowest BCUT2D eigenvalue weighted by Crippen LogP contribution is -2.31. The summed E-state index contributed by atoms with van der Waals surface area (Å²) in [6.07, 6.45) is 1.23. The number of ether oxygens (including phenoxy) is 1. The molecule has 0 saturated heterocycles. The molecule has 7 heteroatoms. The summed E-state index contributed by atoms with van der Waals surface area (Å²) in [5.41, 5.74) is 5.13. The number of hydrogen-bond acceptors (Lipinski definition) is 4. The van der Waals surface area contributed by atoms with E-state index in [9.17, 15) is 14.5 Å². The number of benzene rings is 1. The van der Waals surface area contributed by atoms with Gasteiger partial charge in [0.15, 0.2) is 11.6 Å². The van der Waals surface area contributed by atoms with Gasteiger partial charge in [0.25, 0.3) is 5.69 Å². The molecule has 1 rings (SSSR count). The molecule has 0 aromatic heterocycles. The summed E-state index contributed by atoms with van der Waals surface area (Å²) >= 11 is 0. The fourth-order valence-electron chi connectivity index (χ4n) is 1.78. The van der Waals surface area contributed by atoms with E-state index in [1.165, 1.54) is 13.0 Å². The summed E-state index contributed by atoms with van der Waals surface area (Å²) in [5.74, 6) is -0.656. The highest BCUT2D eigenvalue weighted by Crippen LogP contribution is 2.27.